The quantitative estimate of drug-likeness (QED) is 0.107. The van der Waals surface area contributed by atoms with Crippen molar-refractivity contribution in [2.24, 2.45) is 11.8 Å². The predicted molar refractivity (Wildman–Crippen MR) is 303 cm³/mol. The molecular weight excluding hydrogens is 1040 g/mol. The average Bonchev–Trinajstić information content (AvgIpc) is 3.55. The Morgan fingerprint density at radius 2 is 1.53 bits per heavy atom. The summed E-state index contributed by atoms with van der Waals surface area (Å²) in [5, 5.41) is 14.4. The van der Waals surface area contributed by atoms with Gasteiger partial charge in [-0.3, -0.25) is 38.6 Å². The predicted octanol–water partition coefficient (Wildman–Crippen LogP) is 4.14. The first-order valence-electron chi connectivity index (χ1n) is 28.7. The van der Waals surface area contributed by atoms with Crippen LogP contribution in [-0.2, 0) is 32.1 Å². The summed E-state index contributed by atoms with van der Waals surface area (Å²) < 4.78 is 31.8. The lowest BCUT2D eigenvalue weighted by atomic mass is 9.89. The van der Waals surface area contributed by atoms with Gasteiger partial charge in [0.2, 0.25) is 17.7 Å². The maximum absolute atomic E-state index is 15.1. The van der Waals surface area contributed by atoms with Gasteiger partial charge in [0.05, 0.1) is 56.7 Å². The molecule has 19 nitrogen and oxygen atoms in total. The third-order valence-corrected chi connectivity index (χ3v) is 16.8. The molecule has 6 heterocycles. The Bertz CT molecular complexity index is 3110. The number of ether oxygens (including phenoxy) is 3. The minimum Gasteiger partial charge on any atom is -0.497 e. The van der Waals surface area contributed by atoms with Gasteiger partial charge >= 0.3 is 0 Å². The van der Waals surface area contributed by atoms with E-state index in [1.165, 1.54) is 6.07 Å². The van der Waals surface area contributed by atoms with Gasteiger partial charge in [-0.2, -0.15) is 5.10 Å². The number of halogens is 1. The van der Waals surface area contributed by atoms with Crippen LogP contribution in [0.25, 0.3) is 10.8 Å². The summed E-state index contributed by atoms with van der Waals surface area (Å²) in [7, 11) is 1.62. The topological polar surface area (TPSA) is 202 Å². The molecule has 0 saturated carbocycles. The number of aromatic amines is 1. The number of fused-ring (bicyclic) bond motifs is 1. The van der Waals surface area contributed by atoms with Crippen molar-refractivity contribution in [2.45, 2.75) is 57.5 Å². The summed E-state index contributed by atoms with van der Waals surface area (Å²) in [5.74, 6) is 0.489. The number of nitrogens with zero attached hydrogens (tertiary/aromatic N) is 7. The molecule has 3 N–H and O–H groups in total. The van der Waals surface area contributed by atoms with Crippen molar-refractivity contribution >= 4 is 40.3 Å². The van der Waals surface area contributed by atoms with E-state index in [0.717, 1.165) is 75.3 Å². The van der Waals surface area contributed by atoms with Gasteiger partial charge in [0.15, 0.2) is 0 Å². The van der Waals surface area contributed by atoms with E-state index in [9.17, 15) is 28.8 Å². The molecule has 0 bridgehead atoms. The SMILES string of the molecule is CCOc1cc(OC)ccc1CNCC(=O)N1CCCC(c2cccc(C(=O)N[C@@H](C(=O)N3CCN(CC4CCN(CC(=O)N5CCN(C(=O)c6cc(Cc7n[nH]c(=O)c8ccccc78)ccc6F)CC5)CC4)CC3)C3COC3)c2)C1. The van der Waals surface area contributed by atoms with Gasteiger partial charge in [-0.05, 0) is 99.1 Å². The van der Waals surface area contributed by atoms with E-state index in [1.807, 2.05) is 65.3 Å². The Balaban J connectivity index is 0.636. The Kier molecular flexibility index (Phi) is 18.7. The number of piperazine rings is 2. The van der Waals surface area contributed by atoms with Crippen LogP contribution >= 0.6 is 0 Å². The van der Waals surface area contributed by atoms with Crippen LogP contribution in [0.4, 0.5) is 4.39 Å². The third-order valence-electron chi connectivity index (χ3n) is 16.8. The number of methoxy groups -OCH3 is 1. The molecule has 1 unspecified atom stereocenters. The number of nitrogens with one attached hydrogen (secondary N) is 3. The molecule has 0 aliphatic carbocycles. The highest BCUT2D eigenvalue weighted by atomic mass is 19.1. The van der Waals surface area contributed by atoms with E-state index >= 15 is 4.39 Å². The first-order chi connectivity index (χ1) is 39.4. The zero-order valence-corrected chi connectivity index (χ0v) is 46.5. The van der Waals surface area contributed by atoms with Gasteiger partial charge in [-0.15, -0.1) is 0 Å². The van der Waals surface area contributed by atoms with Gasteiger partial charge in [0.1, 0.15) is 23.4 Å². The number of hydrogen-bond acceptors (Lipinski definition) is 13. The molecule has 5 aromatic rings. The van der Waals surface area contributed by atoms with Crippen molar-refractivity contribution in [3.8, 4) is 11.5 Å². The van der Waals surface area contributed by atoms with Gasteiger partial charge in [-0.1, -0.05) is 42.5 Å². The van der Waals surface area contributed by atoms with E-state index in [-0.39, 0.29) is 53.1 Å². The zero-order chi connectivity index (χ0) is 56.4. The lowest BCUT2D eigenvalue weighted by Crippen LogP contribution is -2.60. The summed E-state index contributed by atoms with van der Waals surface area (Å²) in [6.45, 7) is 12.0. The third kappa shape index (κ3) is 13.9. The number of benzene rings is 4. The molecular formula is C61H75FN10O9. The van der Waals surface area contributed by atoms with Gasteiger partial charge in [0, 0.05) is 119 Å². The van der Waals surface area contributed by atoms with Crippen LogP contribution in [0.2, 0.25) is 0 Å². The van der Waals surface area contributed by atoms with Crippen molar-refractivity contribution in [3.05, 3.63) is 135 Å². The van der Waals surface area contributed by atoms with Gasteiger partial charge in [-0.25, -0.2) is 9.49 Å². The lowest BCUT2D eigenvalue weighted by Gasteiger charge is -2.41. The molecule has 5 aliphatic rings. The summed E-state index contributed by atoms with van der Waals surface area (Å²) in [4.78, 5) is 92.8. The molecule has 5 aliphatic heterocycles. The summed E-state index contributed by atoms with van der Waals surface area (Å²) in [6, 6.07) is 24.2. The number of hydrogen-bond donors (Lipinski definition) is 3. The number of piperidine rings is 2. The minimum atomic E-state index is -0.702. The van der Waals surface area contributed by atoms with E-state index in [4.69, 9.17) is 14.2 Å². The van der Waals surface area contributed by atoms with Crippen LogP contribution in [0.3, 0.4) is 0 Å². The number of likely N-dealkylation sites (tertiary alicyclic amines) is 2. The van der Waals surface area contributed by atoms with Crippen molar-refractivity contribution in [1.82, 2.24) is 50.2 Å². The van der Waals surface area contributed by atoms with Crippen molar-refractivity contribution in [2.75, 3.05) is 125 Å². The van der Waals surface area contributed by atoms with E-state index < -0.39 is 17.8 Å². The Morgan fingerprint density at radius 1 is 0.778 bits per heavy atom. The average molecular weight is 1110 g/mol. The highest BCUT2D eigenvalue weighted by Crippen LogP contribution is 2.30. The first-order valence-corrected chi connectivity index (χ1v) is 28.7. The number of carbonyl (C=O) groups excluding carboxylic acids is 5. The monoisotopic (exact) mass is 1110 g/mol. The molecule has 4 aromatic carbocycles. The van der Waals surface area contributed by atoms with Crippen LogP contribution in [0.15, 0.2) is 89.7 Å². The molecule has 20 heteroatoms. The van der Waals surface area contributed by atoms with Crippen LogP contribution in [0.1, 0.15) is 81.6 Å². The Labute approximate surface area is 472 Å². The number of rotatable bonds is 19. The molecule has 81 heavy (non-hydrogen) atoms. The van der Waals surface area contributed by atoms with Gasteiger partial charge in [0.25, 0.3) is 17.4 Å². The van der Waals surface area contributed by atoms with Crippen LogP contribution < -0.4 is 25.7 Å². The second-order valence-corrected chi connectivity index (χ2v) is 22.1. The minimum absolute atomic E-state index is 0.0217. The van der Waals surface area contributed by atoms with Crippen molar-refractivity contribution in [3.63, 3.8) is 0 Å². The second kappa shape index (κ2) is 26.6. The summed E-state index contributed by atoms with van der Waals surface area (Å²) in [5.41, 5.74) is 3.41. The fraction of sp³-hybridized carbons (Fsp3) is 0.492. The molecule has 10 rings (SSSR count). The standard InChI is InChI=1S/C61H75FN10O9/c1-3-81-54-33-48(79-2)15-14-45(54)34-63-35-55(73)72-19-7-10-46(37-72)43-8-6-9-44(32-43)58(75)64-57(47-39-80-40-47)61(78)71-24-22-68(23-25-71)36-41-17-20-67(21-18-41)38-56(74)69-26-28-70(29-27-69)60(77)51-30-42(13-16-52(51)62)31-53-49-11-4-5-12-50(49)59(76)66-65-53/h4-6,8-9,11-16,30,32-33,41,46-47,57,63H,3,7,10,17-29,31,34-40H2,1-2H3,(H,64,75)(H,66,76)/t46?,57-/m1/s1. The van der Waals surface area contributed by atoms with Crippen molar-refractivity contribution in [1.29, 1.82) is 0 Å². The van der Waals surface area contributed by atoms with Crippen molar-refractivity contribution < 1.29 is 42.6 Å². The number of amides is 5. The lowest BCUT2D eigenvalue weighted by molar-refractivity contribution is -0.142. The number of aromatic nitrogens is 2. The molecule has 0 spiro atoms. The fourth-order valence-electron chi connectivity index (χ4n) is 12.0. The van der Waals surface area contributed by atoms with Crippen LogP contribution in [0, 0.1) is 17.7 Å². The molecule has 5 saturated heterocycles. The molecule has 5 amide bonds. The Hall–Kier alpha value is -7.26. The van der Waals surface area contributed by atoms with Crippen LogP contribution in [0.5, 0.6) is 11.5 Å². The zero-order valence-electron chi connectivity index (χ0n) is 46.5. The molecule has 5 fully saturated rings. The number of carbonyl (C=O) groups is 5. The number of H-pyrrole nitrogens is 1. The largest absolute Gasteiger partial charge is 0.497 e. The fourth-order valence-corrected chi connectivity index (χ4v) is 12.0. The molecule has 2 atom stereocenters. The van der Waals surface area contributed by atoms with E-state index in [1.54, 1.807) is 47.2 Å². The highest BCUT2D eigenvalue weighted by Gasteiger charge is 2.39. The summed E-state index contributed by atoms with van der Waals surface area (Å²) in [6.07, 6.45) is 3.97. The van der Waals surface area contributed by atoms with E-state index in [2.05, 4.69) is 30.6 Å². The normalized spacial score (nSPS) is 19.0. The van der Waals surface area contributed by atoms with E-state index in [0.29, 0.717) is 131 Å². The van der Waals surface area contributed by atoms with Gasteiger partial charge < -0.3 is 44.4 Å². The molecule has 0 radical (unpaired) electrons. The Morgan fingerprint density at radius 3 is 2.27 bits per heavy atom. The highest BCUT2D eigenvalue weighted by molar-refractivity contribution is 5.98. The van der Waals surface area contributed by atoms with Crippen LogP contribution in [-0.4, -0.2) is 200 Å². The molecule has 1 aromatic heterocycles. The second-order valence-electron chi connectivity index (χ2n) is 22.1. The maximum atomic E-state index is 15.1. The first kappa shape index (κ1) is 57.0. The maximum Gasteiger partial charge on any atom is 0.272 e. The summed E-state index contributed by atoms with van der Waals surface area (Å²) >= 11 is 0. The molecule has 430 valence electrons. The smallest absolute Gasteiger partial charge is 0.272 e.